The van der Waals surface area contributed by atoms with Crippen LogP contribution in [0.1, 0.15) is 0 Å². The Labute approximate surface area is 342 Å². The number of nitrogens with zero attached hydrogens (tertiary/aromatic N) is 4. The van der Waals surface area contributed by atoms with Crippen LogP contribution in [0.2, 0.25) is 0 Å². The smallest absolute Gasteiger partial charge is 0.164 e. The number of hydrogen-bond donors (Lipinski definition) is 0. The van der Waals surface area contributed by atoms with Crippen molar-refractivity contribution in [2.24, 2.45) is 0 Å². The Hall–Kier alpha value is -8.15. The molecule has 0 aliphatic carbocycles. The first-order chi connectivity index (χ1) is 29.7. The first kappa shape index (κ1) is 31.9. The van der Waals surface area contributed by atoms with Crippen LogP contribution in [-0.4, -0.2) is 19.5 Å². The van der Waals surface area contributed by atoms with E-state index in [1.807, 2.05) is 54.6 Å². The van der Waals surface area contributed by atoms with Gasteiger partial charge in [-0.3, -0.25) is 0 Å². The lowest BCUT2D eigenvalue weighted by Gasteiger charge is -2.13. The summed E-state index contributed by atoms with van der Waals surface area (Å²) >= 11 is 0. The molecule has 3 aromatic heterocycles. The maximum atomic E-state index is 6.30. The molecular formula is C55H30N4O. The average Bonchev–Trinajstić information content (AvgIpc) is 3.94. The summed E-state index contributed by atoms with van der Waals surface area (Å²) in [4.78, 5) is 15.4. The second-order valence-electron chi connectivity index (χ2n) is 15.9. The van der Waals surface area contributed by atoms with Crippen molar-refractivity contribution in [2.45, 2.75) is 0 Å². The highest BCUT2D eigenvalue weighted by atomic mass is 16.3. The first-order valence-electron chi connectivity index (χ1n) is 20.4. The van der Waals surface area contributed by atoms with E-state index in [0.29, 0.717) is 17.5 Å². The predicted molar refractivity (Wildman–Crippen MR) is 248 cm³/mol. The van der Waals surface area contributed by atoms with Gasteiger partial charge in [-0.15, -0.1) is 0 Å². The molecule has 11 aromatic carbocycles. The summed E-state index contributed by atoms with van der Waals surface area (Å²) in [7, 11) is 0. The summed E-state index contributed by atoms with van der Waals surface area (Å²) < 4.78 is 8.76. The highest BCUT2D eigenvalue weighted by Crippen LogP contribution is 2.50. The van der Waals surface area contributed by atoms with E-state index in [2.05, 4.69) is 132 Å². The van der Waals surface area contributed by atoms with Crippen molar-refractivity contribution in [1.82, 2.24) is 19.5 Å². The Morgan fingerprint density at radius 3 is 1.58 bits per heavy atom. The third kappa shape index (κ3) is 4.27. The second-order valence-corrected chi connectivity index (χ2v) is 15.9. The monoisotopic (exact) mass is 762 g/mol. The molecular weight excluding hydrogens is 733 g/mol. The summed E-state index contributed by atoms with van der Waals surface area (Å²) in [6.45, 7) is 0. The Kier molecular flexibility index (Phi) is 6.23. The summed E-state index contributed by atoms with van der Waals surface area (Å²) in [5.41, 5.74) is 7.74. The van der Waals surface area contributed by atoms with E-state index in [1.54, 1.807) is 0 Å². The summed E-state index contributed by atoms with van der Waals surface area (Å²) in [5.74, 6) is 1.81. The van der Waals surface area contributed by atoms with Gasteiger partial charge in [0.1, 0.15) is 11.2 Å². The molecule has 3 heterocycles. The number of benzene rings is 9. The van der Waals surface area contributed by atoms with Crippen molar-refractivity contribution in [3.05, 3.63) is 182 Å². The van der Waals surface area contributed by atoms with Gasteiger partial charge in [-0.25, -0.2) is 15.0 Å². The Morgan fingerprint density at radius 2 is 0.833 bits per heavy atom. The third-order valence-electron chi connectivity index (χ3n) is 12.7. The van der Waals surface area contributed by atoms with E-state index in [4.69, 9.17) is 19.4 Å². The van der Waals surface area contributed by atoms with Crippen LogP contribution in [0.15, 0.2) is 186 Å². The maximum Gasteiger partial charge on any atom is 0.164 e. The topological polar surface area (TPSA) is 56.7 Å². The predicted octanol–water partition coefficient (Wildman–Crippen LogP) is 14.5. The van der Waals surface area contributed by atoms with Gasteiger partial charge in [0.2, 0.25) is 0 Å². The van der Waals surface area contributed by atoms with E-state index >= 15 is 0 Å². The van der Waals surface area contributed by atoms with Crippen molar-refractivity contribution >= 4 is 97.6 Å². The molecule has 0 radical (unpaired) electrons. The summed E-state index contributed by atoms with van der Waals surface area (Å²) in [6.07, 6.45) is 0. The molecule has 0 amide bonds. The van der Waals surface area contributed by atoms with Gasteiger partial charge in [0.05, 0.1) is 11.0 Å². The number of fused-ring (bicyclic) bond motifs is 9. The number of hydrogen-bond acceptors (Lipinski definition) is 4. The average molecular weight is 763 g/mol. The minimum Gasteiger partial charge on any atom is -0.456 e. The molecule has 0 spiro atoms. The van der Waals surface area contributed by atoms with Crippen LogP contribution >= 0.6 is 0 Å². The molecule has 0 aliphatic heterocycles. The van der Waals surface area contributed by atoms with Gasteiger partial charge in [-0.1, -0.05) is 140 Å². The fraction of sp³-hybridized carbons (Fsp3) is 0. The zero-order valence-corrected chi connectivity index (χ0v) is 32.0. The molecule has 14 aromatic rings. The quantitative estimate of drug-likeness (QED) is 0.179. The zero-order valence-electron chi connectivity index (χ0n) is 32.0. The molecule has 5 nitrogen and oxygen atoms in total. The molecule has 0 aliphatic rings. The van der Waals surface area contributed by atoms with Crippen LogP contribution in [0.4, 0.5) is 0 Å². The Balaban J connectivity index is 1.05. The highest BCUT2D eigenvalue weighted by molar-refractivity contribution is 6.44. The molecule has 60 heavy (non-hydrogen) atoms. The molecule has 0 saturated carbocycles. The number of furan rings is 1. The molecule has 0 saturated heterocycles. The van der Waals surface area contributed by atoms with Crippen molar-refractivity contribution in [2.75, 3.05) is 0 Å². The van der Waals surface area contributed by atoms with Gasteiger partial charge < -0.3 is 8.98 Å². The lowest BCUT2D eigenvalue weighted by Crippen LogP contribution is -2.01. The van der Waals surface area contributed by atoms with Gasteiger partial charge >= 0.3 is 0 Å². The minimum absolute atomic E-state index is 0.588. The summed E-state index contributed by atoms with van der Waals surface area (Å²) in [5, 5.41) is 17.6. The fourth-order valence-electron chi connectivity index (χ4n) is 10.2. The lowest BCUT2D eigenvalue weighted by molar-refractivity contribution is 0.669. The SMILES string of the molecule is c1ccc(-c2nc(-c3cccc(-n4c5cccc6c7ccccc7c7ccc8c9ccccc9c9cc4c(c7c89)c65)c3)nc(-c3ccc4c(c3)oc3ccccc34)n2)cc1. The molecule has 0 atom stereocenters. The van der Waals surface area contributed by atoms with Crippen molar-refractivity contribution in [1.29, 1.82) is 0 Å². The molecule has 0 fully saturated rings. The normalized spacial score (nSPS) is 12.3. The largest absolute Gasteiger partial charge is 0.456 e. The molecule has 0 N–H and O–H groups in total. The number of aromatic nitrogens is 4. The molecule has 0 unspecified atom stereocenters. The highest BCUT2D eigenvalue weighted by Gasteiger charge is 2.25. The van der Waals surface area contributed by atoms with E-state index in [9.17, 15) is 0 Å². The van der Waals surface area contributed by atoms with Gasteiger partial charge in [-0.2, -0.15) is 0 Å². The van der Waals surface area contributed by atoms with E-state index in [1.165, 1.54) is 75.7 Å². The zero-order chi connectivity index (χ0) is 39.1. The maximum absolute atomic E-state index is 6.30. The Morgan fingerprint density at radius 1 is 0.300 bits per heavy atom. The van der Waals surface area contributed by atoms with E-state index in [-0.39, 0.29) is 0 Å². The molecule has 276 valence electrons. The molecule has 0 bridgehead atoms. The minimum atomic E-state index is 0.588. The molecule has 14 rings (SSSR count). The van der Waals surface area contributed by atoms with Crippen molar-refractivity contribution in [3.63, 3.8) is 0 Å². The Bertz CT molecular complexity index is 4070. The number of rotatable bonds is 4. The van der Waals surface area contributed by atoms with Crippen LogP contribution in [0.3, 0.4) is 0 Å². The fourth-order valence-corrected chi connectivity index (χ4v) is 10.2. The summed E-state index contributed by atoms with van der Waals surface area (Å²) in [6, 6.07) is 64.9. The van der Waals surface area contributed by atoms with Crippen LogP contribution in [-0.2, 0) is 0 Å². The van der Waals surface area contributed by atoms with Crippen LogP contribution in [0.25, 0.3) is 137 Å². The van der Waals surface area contributed by atoms with Gasteiger partial charge in [0, 0.05) is 49.3 Å². The molecule has 5 heteroatoms. The van der Waals surface area contributed by atoms with Gasteiger partial charge in [0.15, 0.2) is 17.5 Å². The van der Waals surface area contributed by atoms with Gasteiger partial charge in [0.25, 0.3) is 0 Å². The van der Waals surface area contributed by atoms with E-state index < -0.39 is 0 Å². The van der Waals surface area contributed by atoms with Gasteiger partial charge in [-0.05, 0) is 90.9 Å². The van der Waals surface area contributed by atoms with Crippen LogP contribution in [0.5, 0.6) is 0 Å². The standard InChI is InChI=1S/C55H30N4O/c1-2-12-31(13-3-1)53-56-54(58-55(57-53)33-24-25-40-39-20-8-9-23-47(39)60-48(40)29-33)32-14-10-15-34(28-32)59-45-22-11-21-41-35-16-4-5-17-36(35)43-27-26-42-37-18-6-7-19-38(37)44-30-46(59)52(50(41)45)51(43)49(42)44/h1-30H. The third-order valence-corrected chi connectivity index (χ3v) is 12.7. The second kappa shape index (κ2) is 11.7. The van der Waals surface area contributed by atoms with Crippen molar-refractivity contribution < 1.29 is 4.42 Å². The van der Waals surface area contributed by atoms with Crippen molar-refractivity contribution in [3.8, 4) is 39.9 Å². The van der Waals surface area contributed by atoms with E-state index in [0.717, 1.165) is 44.3 Å². The van der Waals surface area contributed by atoms with Crippen LogP contribution in [0, 0.1) is 0 Å². The first-order valence-corrected chi connectivity index (χ1v) is 20.4. The number of para-hydroxylation sites is 1. The lowest BCUT2D eigenvalue weighted by atomic mass is 9.97. The van der Waals surface area contributed by atoms with Crippen LogP contribution < -0.4 is 0 Å².